The summed E-state index contributed by atoms with van der Waals surface area (Å²) in [5, 5.41) is 0.744. The predicted octanol–water partition coefficient (Wildman–Crippen LogP) is 2.90. The van der Waals surface area contributed by atoms with Gasteiger partial charge in [-0.15, -0.1) is 0 Å². The Morgan fingerprint density at radius 2 is 1.96 bits per heavy atom. The number of halogens is 1. The zero-order chi connectivity index (χ0) is 18.0. The standard InChI is InChI=1S/C18H16ClN3O3/c1-11-3-6-14(7-4-11)25-12(2)17(23)21-22-10-20-16-8-5-13(19)9-15(16)18(22)24/h3-10,12H,1-2H3,(H,21,23). The predicted molar refractivity (Wildman–Crippen MR) is 96.6 cm³/mol. The second-order valence-corrected chi connectivity index (χ2v) is 6.07. The molecule has 25 heavy (non-hydrogen) atoms. The van der Waals surface area contributed by atoms with Crippen molar-refractivity contribution in [3.63, 3.8) is 0 Å². The number of hydrogen-bond acceptors (Lipinski definition) is 4. The van der Waals surface area contributed by atoms with Crippen LogP contribution in [-0.2, 0) is 4.79 Å². The lowest BCUT2D eigenvalue weighted by Crippen LogP contribution is -2.40. The molecule has 0 saturated heterocycles. The number of aromatic nitrogens is 2. The topological polar surface area (TPSA) is 73.2 Å². The van der Waals surface area contributed by atoms with Gasteiger partial charge in [0.05, 0.1) is 10.9 Å². The zero-order valence-corrected chi connectivity index (χ0v) is 14.4. The van der Waals surface area contributed by atoms with E-state index < -0.39 is 17.6 Å². The molecule has 0 aliphatic carbocycles. The van der Waals surface area contributed by atoms with Gasteiger partial charge >= 0.3 is 0 Å². The number of amides is 1. The molecule has 0 aliphatic heterocycles. The molecular weight excluding hydrogens is 342 g/mol. The largest absolute Gasteiger partial charge is 0.481 e. The van der Waals surface area contributed by atoms with Crippen LogP contribution in [0.3, 0.4) is 0 Å². The Morgan fingerprint density at radius 1 is 1.24 bits per heavy atom. The molecule has 1 aromatic heterocycles. The fourth-order valence-corrected chi connectivity index (χ4v) is 2.43. The summed E-state index contributed by atoms with van der Waals surface area (Å²) < 4.78 is 6.60. The summed E-state index contributed by atoms with van der Waals surface area (Å²) in [6, 6.07) is 12.2. The fourth-order valence-electron chi connectivity index (χ4n) is 2.26. The Morgan fingerprint density at radius 3 is 2.68 bits per heavy atom. The van der Waals surface area contributed by atoms with Crippen molar-refractivity contribution in [2.45, 2.75) is 20.0 Å². The third-order valence-electron chi connectivity index (χ3n) is 3.65. The minimum atomic E-state index is -0.787. The third-order valence-corrected chi connectivity index (χ3v) is 3.89. The highest BCUT2D eigenvalue weighted by molar-refractivity contribution is 6.31. The van der Waals surface area contributed by atoms with Crippen molar-refractivity contribution in [3.8, 4) is 5.75 Å². The highest BCUT2D eigenvalue weighted by atomic mass is 35.5. The Bertz CT molecular complexity index is 983. The summed E-state index contributed by atoms with van der Waals surface area (Å²) >= 11 is 5.92. The maximum absolute atomic E-state index is 12.4. The molecular formula is C18H16ClN3O3. The average Bonchev–Trinajstić information content (AvgIpc) is 2.59. The van der Waals surface area contributed by atoms with Crippen LogP contribution in [0.1, 0.15) is 12.5 Å². The first-order valence-electron chi connectivity index (χ1n) is 7.65. The number of benzene rings is 2. The molecule has 0 radical (unpaired) electrons. The van der Waals surface area contributed by atoms with Gasteiger partial charge in [-0.1, -0.05) is 29.3 Å². The number of aryl methyl sites for hydroxylation is 1. The van der Waals surface area contributed by atoms with E-state index in [-0.39, 0.29) is 0 Å². The van der Waals surface area contributed by atoms with Crippen molar-refractivity contribution in [2.24, 2.45) is 0 Å². The van der Waals surface area contributed by atoms with E-state index in [1.807, 2.05) is 19.1 Å². The molecule has 1 N–H and O–H groups in total. The van der Waals surface area contributed by atoms with Crippen LogP contribution in [0.25, 0.3) is 10.9 Å². The van der Waals surface area contributed by atoms with Crippen LogP contribution in [0.15, 0.2) is 53.6 Å². The Kier molecular flexibility index (Phi) is 4.72. The number of carbonyl (C=O) groups excluding carboxylic acids is 1. The molecule has 3 aromatic rings. The molecule has 0 aliphatic rings. The van der Waals surface area contributed by atoms with E-state index in [0.717, 1.165) is 10.2 Å². The van der Waals surface area contributed by atoms with Gasteiger partial charge in [-0.05, 0) is 44.2 Å². The zero-order valence-electron chi connectivity index (χ0n) is 13.7. The van der Waals surface area contributed by atoms with Crippen LogP contribution in [0.2, 0.25) is 5.02 Å². The lowest BCUT2D eigenvalue weighted by molar-refractivity contribution is -0.123. The molecule has 128 valence electrons. The van der Waals surface area contributed by atoms with Crippen molar-refractivity contribution in [1.29, 1.82) is 0 Å². The van der Waals surface area contributed by atoms with E-state index in [0.29, 0.717) is 21.7 Å². The maximum Gasteiger partial charge on any atom is 0.280 e. The van der Waals surface area contributed by atoms with Gasteiger partial charge in [0.15, 0.2) is 6.10 Å². The SMILES string of the molecule is Cc1ccc(OC(C)C(=O)Nn2cnc3ccc(Cl)cc3c2=O)cc1. The molecule has 1 unspecified atom stereocenters. The van der Waals surface area contributed by atoms with E-state index >= 15 is 0 Å². The minimum Gasteiger partial charge on any atom is -0.481 e. The number of fused-ring (bicyclic) bond motifs is 1. The van der Waals surface area contributed by atoms with Crippen LogP contribution < -0.4 is 15.7 Å². The van der Waals surface area contributed by atoms with Gasteiger partial charge in [0.25, 0.3) is 11.5 Å². The molecule has 0 spiro atoms. The normalized spacial score (nSPS) is 12.0. The summed E-state index contributed by atoms with van der Waals surface area (Å²) in [4.78, 5) is 28.9. The Hall–Kier alpha value is -2.86. The van der Waals surface area contributed by atoms with Crippen molar-refractivity contribution < 1.29 is 9.53 Å². The van der Waals surface area contributed by atoms with Crippen molar-refractivity contribution >= 4 is 28.4 Å². The maximum atomic E-state index is 12.4. The molecule has 3 rings (SSSR count). The quantitative estimate of drug-likeness (QED) is 0.779. The lowest BCUT2D eigenvalue weighted by atomic mass is 10.2. The summed E-state index contributed by atoms with van der Waals surface area (Å²) in [5.41, 5.74) is 3.67. The monoisotopic (exact) mass is 357 g/mol. The first-order valence-corrected chi connectivity index (χ1v) is 8.03. The number of hydrogen-bond donors (Lipinski definition) is 1. The molecule has 1 amide bonds. The average molecular weight is 358 g/mol. The van der Waals surface area contributed by atoms with E-state index in [1.54, 1.807) is 31.2 Å². The summed E-state index contributed by atoms with van der Waals surface area (Å²) in [7, 11) is 0. The third kappa shape index (κ3) is 3.80. The van der Waals surface area contributed by atoms with E-state index in [1.165, 1.54) is 12.4 Å². The van der Waals surface area contributed by atoms with E-state index in [4.69, 9.17) is 16.3 Å². The van der Waals surface area contributed by atoms with Gasteiger partial charge in [0.1, 0.15) is 12.1 Å². The van der Waals surface area contributed by atoms with Gasteiger partial charge in [-0.3, -0.25) is 15.0 Å². The second-order valence-electron chi connectivity index (χ2n) is 5.63. The molecule has 1 heterocycles. The van der Waals surface area contributed by atoms with Crippen LogP contribution in [0.4, 0.5) is 0 Å². The summed E-state index contributed by atoms with van der Waals surface area (Å²) in [6.45, 7) is 3.57. The van der Waals surface area contributed by atoms with Crippen LogP contribution in [-0.4, -0.2) is 21.7 Å². The van der Waals surface area contributed by atoms with Crippen molar-refractivity contribution in [2.75, 3.05) is 5.43 Å². The summed E-state index contributed by atoms with van der Waals surface area (Å²) in [6.07, 6.45) is 0.472. The Labute approximate surface area is 149 Å². The second kappa shape index (κ2) is 6.94. The first-order chi connectivity index (χ1) is 11.9. The van der Waals surface area contributed by atoms with Crippen LogP contribution >= 0.6 is 11.6 Å². The molecule has 1 atom stereocenters. The van der Waals surface area contributed by atoms with E-state index in [2.05, 4.69) is 10.4 Å². The van der Waals surface area contributed by atoms with Gasteiger partial charge in [-0.25, -0.2) is 9.66 Å². The molecule has 0 bridgehead atoms. The molecule has 0 fully saturated rings. The minimum absolute atomic E-state index is 0.322. The van der Waals surface area contributed by atoms with Crippen molar-refractivity contribution in [1.82, 2.24) is 9.66 Å². The molecule has 2 aromatic carbocycles. The number of nitrogens with zero attached hydrogens (tertiary/aromatic N) is 2. The van der Waals surface area contributed by atoms with E-state index in [9.17, 15) is 9.59 Å². The van der Waals surface area contributed by atoms with Crippen molar-refractivity contribution in [3.05, 3.63) is 69.7 Å². The van der Waals surface area contributed by atoms with Gasteiger partial charge in [-0.2, -0.15) is 0 Å². The smallest absolute Gasteiger partial charge is 0.280 e. The van der Waals surface area contributed by atoms with Crippen LogP contribution in [0, 0.1) is 6.92 Å². The van der Waals surface area contributed by atoms with Crippen LogP contribution in [0.5, 0.6) is 5.75 Å². The number of carbonyl (C=O) groups is 1. The molecule has 6 nitrogen and oxygen atoms in total. The lowest BCUT2D eigenvalue weighted by Gasteiger charge is -2.15. The summed E-state index contributed by atoms with van der Waals surface area (Å²) in [5.74, 6) is 0.106. The van der Waals surface area contributed by atoms with Gasteiger partial charge in [0.2, 0.25) is 0 Å². The van der Waals surface area contributed by atoms with Gasteiger partial charge < -0.3 is 4.74 Å². The number of ether oxygens (including phenoxy) is 1. The first kappa shape index (κ1) is 17.0. The van der Waals surface area contributed by atoms with Gasteiger partial charge in [0, 0.05) is 5.02 Å². The molecule has 7 heteroatoms. The highest BCUT2D eigenvalue weighted by Crippen LogP contribution is 2.15. The highest BCUT2D eigenvalue weighted by Gasteiger charge is 2.16. The molecule has 0 saturated carbocycles. The number of rotatable bonds is 4. The number of nitrogens with one attached hydrogen (secondary N) is 1. The fraction of sp³-hybridized carbons (Fsp3) is 0.167. The Balaban J connectivity index is 1.78.